The third-order valence-corrected chi connectivity index (χ3v) is 5.85. The number of aromatic nitrogens is 2. The Morgan fingerprint density at radius 3 is 2.18 bits per heavy atom. The summed E-state index contributed by atoms with van der Waals surface area (Å²) in [7, 11) is 0. The van der Waals surface area contributed by atoms with Gasteiger partial charge in [0.25, 0.3) is 0 Å². The van der Waals surface area contributed by atoms with Gasteiger partial charge in [0.1, 0.15) is 11.9 Å². The standard InChI is InChI=1S/C23H36N2O7S/c1-14(2)25-16(5)20(11-18-7-9-19(10-8-18)30-15(3)4)22(24-25)32-23(33(29)13-27)31-21(12-26)17(6)28/h7-10,14-15,17,21,23,26-28H,11-13H2,1-6H3/t17-,21?,23?,33?/m0/s1. The van der Waals surface area contributed by atoms with Crippen molar-refractivity contribution in [2.24, 2.45) is 0 Å². The summed E-state index contributed by atoms with van der Waals surface area (Å²) in [6.07, 6.45) is -1.49. The number of nitrogens with zero attached hydrogens (tertiary/aromatic N) is 2. The molecular weight excluding hydrogens is 448 g/mol. The van der Waals surface area contributed by atoms with E-state index in [0.29, 0.717) is 6.42 Å². The zero-order valence-electron chi connectivity index (χ0n) is 20.1. The molecule has 10 heteroatoms. The van der Waals surface area contributed by atoms with Crippen LogP contribution < -0.4 is 9.47 Å². The number of ether oxygens (including phenoxy) is 3. The summed E-state index contributed by atoms with van der Waals surface area (Å²) in [6.45, 7) is 10.8. The van der Waals surface area contributed by atoms with Crippen LogP contribution in [0.25, 0.3) is 0 Å². The highest BCUT2D eigenvalue weighted by Gasteiger charge is 2.33. The molecule has 2 rings (SSSR count). The summed E-state index contributed by atoms with van der Waals surface area (Å²) in [6, 6.07) is 7.78. The van der Waals surface area contributed by atoms with Crippen LogP contribution in [0.3, 0.4) is 0 Å². The van der Waals surface area contributed by atoms with E-state index >= 15 is 0 Å². The van der Waals surface area contributed by atoms with Gasteiger partial charge in [-0.05, 0) is 59.2 Å². The van der Waals surface area contributed by atoms with Crippen molar-refractivity contribution in [3.63, 3.8) is 0 Å². The molecule has 0 aliphatic carbocycles. The summed E-state index contributed by atoms with van der Waals surface area (Å²) in [5.74, 6) is 0.289. The van der Waals surface area contributed by atoms with Gasteiger partial charge in [0, 0.05) is 34.9 Å². The normalized spacial score (nSPS) is 15.5. The average Bonchev–Trinajstić information content (AvgIpc) is 3.06. The number of hydrogen-bond donors (Lipinski definition) is 3. The molecule has 0 bridgehead atoms. The highest BCUT2D eigenvalue weighted by molar-refractivity contribution is 7.91. The van der Waals surface area contributed by atoms with Crippen molar-refractivity contribution in [1.29, 1.82) is 0 Å². The Hall–Kier alpha value is -1.82. The molecule has 0 fully saturated rings. The van der Waals surface area contributed by atoms with Crippen LogP contribution in [-0.4, -0.2) is 66.1 Å². The molecular formula is C23H36N2O7S. The largest absolute Gasteiger partial charge is 0.610 e. The minimum absolute atomic E-state index is 0.0493. The first kappa shape index (κ1) is 27.4. The lowest BCUT2D eigenvalue weighted by Crippen LogP contribution is -2.41. The monoisotopic (exact) mass is 484 g/mol. The zero-order chi connectivity index (χ0) is 24.7. The van der Waals surface area contributed by atoms with Crippen molar-refractivity contribution in [3.05, 3.63) is 41.1 Å². The quantitative estimate of drug-likeness (QED) is 0.292. The highest BCUT2D eigenvalue weighted by Crippen LogP contribution is 2.29. The van der Waals surface area contributed by atoms with Gasteiger partial charge in [-0.1, -0.05) is 12.1 Å². The van der Waals surface area contributed by atoms with E-state index in [2.05, 4.69) is 5.10 Å². The molecule has 4 atom stereocenters. The van der Waals surface area contributed by atoms with Crippen LogP contribution in [0.15, 0.2) is 24.3 Å². The maximum absolute atomic E-state index is 12.4. The van der Waals surface area contributed by atoms with Crippen LogP contribution in [0.5, 0.6) is 11.6 Å². The van der Waals surface area contributed by atoms with Crippen LogP contribution in [0, 0.1) is 6.92 Å². The summed E-state index contributed by atoms with van der Waals surface area (Å²) in [4.78, 5) is 0. The number of aliphatic hydroxyl groups excluding tert-OH is 3. The maximum Gasteiger partial charge on any atom is 0.373 e. The van der Waals surface area contributed by atoms with E-state index in [0.717, 1.165) is 22.6 Å². The minimum atomic E-state index is -1.95. The zero-order valence-corrected chi connectivity index (χ0v) is 20.9. The molecule has 1 aromatic carbocycles. The summed E-state index contributed by atoms with van der Waals surface area (Å²) < 4.78 is 31.3. The van der Waals surface area contributed by atoms with Crippen molar-refractivity contribution < 1.29 is 34.1 Å². The van der Waals surface area contributed by atoms with Crippen molar-refractivity contribution in [1.82, 2.24) is 9.78 Å². The Bertz CT molecular complexity index is 855. The molecule has 33 heavy (non-hydrogen) atoms. The van der Waals surface area contributed by atoms with Crippen LogP contribution in [0.4, 0.5) is 0 Å². The SMILES string of the molecule is Cc1c(Cc2ccc(OC(C)C)cc2)c(OC(OC(CO)[C@H](C)O)[S+]([O-])CO)nn1C(C)C. The minimum Gasteiger partial charge on any atom is -0.610 e. The predicted octanol–water partition coefficient (Wildman–Crippen LogP) is 2.27. The molecule has 0 saturated heterocycles. The van der Waals surface area contributed by atoms with Gasteiger partial charge in [-0.25, -0.2) is 0 Å². The molecule has 0 amide bonds. The summed E-state index contributed by atoms with van der Waals surface area (Å²) in [5.41, 5.74) is 1.24. The number of rotatable bonds is 13. The van der Waals surface area contributed by atoms with E-state index in [9.17, 15) is 19.9 Å². The molecule has 0 spiro atoms. The lowest BCUT2D eigenvalue weighted by molar-refractivity contribution is -0.125. The fourth-order valence-electron chi connectivity index (χ4n) is 3.24. The molecule has 2 aromatic rings. The number of aliphatic hydroxyl groups is 3. The fourth-order valence-corrected chi connectivity index (χ4v) is 3.82. The highest BCUT2D eigenvalue weighted by atomic mass is 32.2. The second kappa shape index (κ2) is 12.6. The van der Waals surface area contributed by atoms with Gasteiger partial charge in [0.05, 0.1) is 18.8 Å². The van der Waals surface area contributed by atoms with E-state index in [4.69, 9.17) is 14.2 Å². The Labute approximate surface area is 198 Å². The van der Waals surface area contributed by atoms with Gasteiger partial charge in [0.2, 0.25) is 11.8 Å². The smallest absolute Gasteiger partial charge is 0.373 e. The Morgan fingerprint density at radius 2 is 1.70 bits per heavy atom. The van der Waals surface area contributed by atoms with Crippen molar-refractivity contribution in [2.45, 2.75) is 77.9 Å². The van der Waals surface area contributed by atoms with Crippen molar-refractivity contribution in [3.8, 4) is 11.6 Å². The molecule has 1 aromatic heterocycles. The maximum atomic E-state index is 12.4. The molecule has 3 N–H and O–H groups in total. The Morgan fingerprint density at radius 1 is 1.06 bits per heavy atom. The van der Waals surface area contributed by atoms with E-state index in [-0.39, 0.29) is 18.0 Å². The van der Waals surface area contributed by atoms with Gasteiger partial charge < -0.3 is 29.3 Å². The molecule has 0 saturated carbocycles. The molecule has 186 valence electrons. The van der Waals surface area contributed by atoms with E-state index in [1.54, 1.807) is 4.68 Å². The molecule has 9 nitrogen and oxygen atoms in total. The second-order valence-electron chi connectivity index (χ2n) is 8.41. The molecule has 1 heterocycles. The number of hydrogen-bond acceptors (Lipinski definition) is 8. The topological polar surface area (TPSA) is 129 Å². The van der Waals surface area contributed by atoms with Crippen LogP contribution in [0.2, 0.25) is 0 Å². The Balaban J connectivity index is 2.35. The number of benzene rings is 1. The van der Waals surface area contributed by atoms with E-state index in [1.165, 1.54) is 6.92 Å². The molecule has 0 radical (unpaired) electrons. The third-order valence-electron chi connectivity index (χ3n) is 4.96. The third kappa shape index (κ3) is 7.59. The molecule has 3 unspecified atom stereocenters. The Kier molecular flexibility index (Phi) is 10.5. The van der Waals surface area contributed by atoms with Gasteiger partial charge in [-0.15, -0.1) is 5.10 Å². The summed E-state index contributed by atoms with van der Waals surface area (Å²) in [5, 5.41) is 33.2. The first-order valence-corrected chi connectivity index (χ1v) is 12.4. The average molecular weight is 485 g/mol. The van der Waals surface area contributed by atoms with Gasteiger partial charge in [-0.2, -0.15) is 0 Å². The van der Waals surface area contributed by atoms with E-state index < -0.39 is 41.6 Å². The van der Waals surface area contributed by atoms with Crippen LogP contribution in [-0.2, 0) is 22.3 Å². The lowest BCUT2D eigenvalue weighted by atomic mass is 10.1. The van der Waals surface area contributed by atoms with Crippen molar-refractivity contribution >= 4 is 11.2 Å². The lowest BCUT2D eigenvalue weighted by Gasteiger charge is -2.25. The molecule has 0 aliphatic rings. The molecule has 0 aliphatic heterocycles. The van der Waals surface area contributed by atoms with Gasteiger partial charge >= 0.3 is 5.62 Å². The van der Waals surface area contributed by atoms with Gasteiger partial charge in [-0.3, -0.25) is 9.42 Å². The van der Waals surface area contributed by atoms with Crippen LogP contribution >= 0.6 is 0 Å². The first-order valence-electron chi connectivity index (χ1n) is 11.0. The fraction of sp³-hybridized carbons (Fsp3) is 0.609. The van der Waals surface area contributed by atoms with Crippen LogP contribution in [0.1, 0.15) is 57.5 Å². The predicted molar refractivity (Wildman–Crippen MR) is 126 cm³/mol. The summed E-state index contributed by atoms with van der Waals surface area (Å²) >= 11 is -1.95. The second-order valence-corrected chi connectivity index (χ2v) is 9.81. The van der Waals surface area contributed by atoms with Gasteiger partial charge in [0.15, 0.2) is 0 Å². The first-order chi connectivity index (χ1) is 15.6. The van der Waals surface area contributed by atoms with Crippen molar-refractivity contribution in [2.75, 3.05) is 12.5 Å². The van der Waals surface area contributed by atoms with E-state index in [1.807, 2.05) is 58.9 Å².